The van der Waals surface area contributed by atoms with Crippen LogP contribution in [-0.2, 0) is 17.8 Å². The number of fused-ring (bicyclic) bond motifs is 1. The molecule has 0 spiro atoms. The van der Waals surface area contributed by atoms with Crippen LogP contribution in [-0.4, -0.2) is 22.8 Å². The maximum Gasteiger partial charge on any atom is 0.255 e. The summed E-state index contributed by atoms with van der Waals surface area (Å²) in [4.78, 5) is 25.2. The lowest BCUT2D eigenvalue weighted by Gasteiger charge is -2.28. The van der Waals surface area contributed by atoms with Crippen molar-refractivity contribution in [2.45, 2.75) is 19.0 Å². The molecule has 0 N–H and O–H groups in total. The van der Waals surface area contributed by atoms with Gasteiger partial charge in [-0.05, 0) is 23.6 Å². The van der Waals surface area contributed by atoms with Gasteiger partial charge in [-0.3, -0.25) is 4.79 Å². The van der Waals surface area contributed by atoms with Crippen molar-refractivity contribution in [3.05, 3.63) is 71.3 Å². The van der Waals surface area contributed by atoms with Crippen molar-refractivity contribution in [2.75, 3.05) is 0 Å². The van der Waals surface area contributed by atoms with E-state index in [-0.39, 0.29) is 12.3 Å². The van der Waals surface area contributed by atoms with E-state index in [0.717, 1.165) is 11.1 Å². The second kappa shape index (κ2) is 5.40. The molecular weight excluding hydrogens is 266 g/mol. The number of hydrogen-bond donors (Lipinski definition) is 0. The van der Waals surface area contributed by atoms with Gasteiger partial charge in [0.1, 0.15) is 0 Å². The minimum atomic E-state index is -1.22. The molecule has 2 aromatic carbocycles. The number of carboxylic acids is 1. The van der Waals surface area contributed by atoms with Gasteiger partial charge < -0.3 is 14.8 Å². The SMILES string of the molecule is O=C([O-])[C@H](Cc1ccccc1)N1Cc2ccccc2C1=O. The second-order valence-corrected chi connectivity index (χ2v) is 5.11. The van der Waals surface area contributed by atoms with Crippen LogP contribution in [0.1, 0.15) is 21.5 Å². The van der Waals surface area contributed by atoms with Crippen molar-refractivity contribution >= 4 is 11.9 Å². The van der Waals surface area contributed by atoms with E-state index in [1.807, 2.05) is 42.5 Å². The Morgan fingerprint density at radius 2 is 1.76 bits per heavy atom. The summed E-state index contributed by atoms with van der Waals surface area (Å²) in [5.74, 6) is -1.46. The van der Waals surface area contributed by atoms with E-state index in [0.29, 0.717) is 12.1 Å². The number of nitrogens with zero attached hydrogens (tertiary/aromatic N) is 1. The van der Waals surface area contributed by atoms with Gasteiger partial charge in [0.2, 0.25) is 0 Å². The number of amides is 1. The predicted molar refractivity (Wildman–Crippen MR) is 75.3 cm³/mol. The van der Waals surface area contributed by atoms with Crippen molar-refractivity contribution in [1.29, 1.82) is 0 Å². The van der Waals surface area contributed by atoms with E-state index in [2.05, 4.69) is 0 Å². The van der Waals surface area contributed by atoms with Crippen LogP contribution >= 0.6 is 0 Å². The molecule has 0 unspecified atom stereocenters. The van der Waals surface area contributed by atoms with Crippen LogP contribution in [0.15, 0.2) is 54.6 Å². The van der Waals surface area contributed by atoms with Crippen molar-refractivity contribution < 1.29 is 14.7 Å². The van der Waals surface area contributed by atoms with Gasteiger partial charge in [-0.25, -0.2) is 0 Å². The van der Waals surface area contributed by atoms with Crippen molar-refractivity contribution in [3.63, 3.8) is 0 Å². The monoisotopic (exact) mass is 280 g/mol. The molecule has 0 aromatic heterocycles. The van der Waals surface area contributed by atoms with Crippen LogP contribution in [0.5, 0.6) is 0 Å². The third kappa shape index (κ3) is 2.52. The molecule has 106 valence electrons. The highest BCUT2D eigenvalue weighted by atomic mass is 16.4. The molecule has 0 radical (unpaired) electrons. The Morgan fingerprint density at radius 1 is 1.10 bits per heavy atom. The number of benzene rings is 2. The minimum absolute atomic E-state index is 0.240. The van der Waals surface area contributed by atoms with Gasteiger partial charge in [0.25, 0.3) is 5.91 Å². The van der Waals surface area contributed by atoms with Gasteiger partial charge in [0, 0.05) is 12.1 Å². The van der Waals surface area contributed by atoms with Gasteiger partial charge in [0.05, 0.1) is 12.0 Å². The first-order valence-corrected chi connectivity index (χ1v) is 6.80. The maximum absolute atomic E-state index is 12.4. The number of hydrogen-bond acceptors (Lipinski definition) is 3. The summed E-state index contributed by atoms with van der Waals surface area (Å²) >= 11 is 0. The number of carbonyl (C=O) groups is 2. The molecule has 1 atom stereocenters. The molecule has 1 aliphatic rings. The van der Waals surface area contributed by atoms with E-state index < -0.39 is 12.0 Å². The first kappa shape index (κ1) is 13.4. The highest BCUT2D eigenvalue weighted by molar-refractivity contribution is 6.00. The molecule has 4 heteroatoms. The first-order chi connectivity index (χ1) is 10.2. The molecular formula is C17H14NO3-. The lowest BCUT2D eigenvalue weighted by Crippen LogP contribution is -2.49. The fraction of sp³-hybridized carbons (Fsp3) is 0.176. The van der Waals surface area contributed by atoms with Crippen molar-refractivity contribution in [1.82, 2.24) is 4.90 Å². The molecule has 0 bridgehead atoms. The Kier molecular flexibility index (Phi) is 3.44. The zero-order chi connectivity index (χ0) is 14.8. The van der Waals surface area contributed by atoms with Crippen molar-refractivity contribution in [3.8, 4) is 0 Å². The molecule has 1 aliphatic heterocycles. The lowest BCUT2D eigenvalue weighted by atomic mass is 10.0. The summed E-state index contributed by atoms with van der Waals surface area (Å²) < 4.78 is 0. The molecule has 3 rings (SSSR count). The molecule has 1 amide bonds. The smallest absolute Gasteiger partial charge is 0.255 e. The molecule has 21 heavy (non-hydrogen) atoms. The summed E-state index contributed by atoms with van der Waals surface area (Å²) in [6.07, 6.45) is 0.253. The topological polar surface area (TPSA) is 60.4 Å². The Bertz CT molecular complexity index is 681. The Morgan fingerprint density at radius 3 is 2.43 bits per heavy atom. The quantitative estimate of drug-likeness (QED) is 0.839. The summed E-state index contributed by atoms with van der Waals surface area (Å²) in [5.41, 5.74) is 2.31. The zero-order valence-corrected chi connectivity index (χ0v) is 11.4. The molecule has 0 fully saturated rings. The van der Waals surface area contributed by atoms with E-state index in [9.17, 15) is 14.7 Å². The minimum Gasteiger partial charge on any atom is -0.548 e. The Hall–Kier alpha value is -2.62. The van der Waals surface area contributed by atoms with Gasteiger partial charge in [-0.15, -0.1) is 0 Å². The van der Waals surface area contributed by atoms with Crippen molar-refractivity contribution in [2.24, 2.45) is 0 Å². The number of rotatable bonds is 4. The van der Waals surface area contributed by atoms with Gasteiger partial charge in [-0.2, -0.15) is 0 Å². The summed E-state index contributed by atoms with van der Waals surface area (Å²) in [5, 5.41) is 11.5. The maximum atomic E-state index is 12.4. The molecule has 4 nitrogen and oxygen atoms in total. The highest BCUT2D eigenvalue weighted by Crippen LogP contribution is 2.25. The molecule has 1 heterocycles. The van der Waals surface area contributed by atoms with Crippen LogP contribution in [0.25, 0.3) is 0 Å². The van der Waals surface area contributed by atoms with E-state index in [1.54, 1.807) is 12.1 Å². The first-order valence-electron chi connectivity index (χ1n) is 6.80. The molecule has 2 aromatic rings. The predicted octanol–water partition coefficient (Wildman–Crippen LogP) is 1.00. The second-order valence-electron chi connectivity index (χ2n) is 5.11. The van der Waals surface area contributed by atoms with Gasteiger partial charge >= 0.3 is 0 Å². The van der Waals surface area contributed by atoms with Crippen LogP contribution in [0.3, 0.4) is 0 Å². The van der Waals surface area contributed by atoms with E-state index >= 15 is 0 Å². The Balaban J connectivity index is 1.87. The number of carbonyl (C=O) groups excluding carboxylic acids is 2. The molecule has 0 saturated heterocycles. The average Bonchev–Trinajstić information content (AvgIpc) is 2.83. The summed E-state index contributed by atoms with van der Waals surface area (Å²) in [7, 11) is 0. The van der Waals surface area contributed by atoms with Gasteiger partial charge in [-0.1, -0.05) is 48.5 Å². The van der Waals surface area contributed by atoms with Crippen LogP contribution in [0, 0.1) is 0 Å². The standard InChI is InChI=1S/C17H15NO3/c19-16-14-9-5-4-8-13(14)11-18(16)15(17(20)21)10-12-6-2-1-3-7-12/h1-9,15H,10-11H2,(H,20,21)/p-1/t15-/m0/s1. The number of aliphatic carboxylic acids is 1. The van der Waals surface area contributed by atoms with Crippen LogP contribution in [0.4, 0.5) is 0 Å². The van der Waals surface area contributed by atoms with Crippen LogP contribution in [0.2, 0.25) is 0 Å². The fourth-order valence-corrected chi connectivity index (χ4v) is 2.69. The fourth-order valence-electron chi connectivity index (χ4n) is 2.69. The summed E-state index contributed by atoms with van der Waals surface area (Å²) in [6.45, 7) is 0.320. The third-order valence-corrected chi connectivity index (χ3v) is 3.77. The van der Waals surface area contributed by atoms with Crippen LogP contribution < -0.4 is 5.11 Å². The number of carboxylic acid groups (broad SMARTS) is 1. The molecule has 0 saturated carbocycles. The largest absolute Gasteiger partial charge is 0.548 e. The normalized spacial score (nSPS) is 14.9. The van der Waals surface area contributed by atoms with Gasteiger partial charge in [0.15, 0.2) is 0 Å². The summed E-state index contributed by atoms with van der Waals surface area (Å²) in [6, 6.07) is 15.5. The lowest BCUT2D eigenvalue weighted by molar-refractivity contribution is -0.311. The third-order valence-electron chi connectivity index (χ3n) is 3.77. The Labute approximate surface area is 122 Å². The van der Waals surface area contributed by atoms with E-state index in [4.69, 9.17) is 0 Å². The average molecular weight is 280 g/mol. The highest BCUT2D eigenvalue weighted by Gasteiger charge is 2.32. The zero-order valence-electron chi connectivity index (χ0n) is 11.4. The molecule has 0 aliphatic carbocycles. The van der Waals surface area contributed by atoms with E-state index in [1.165, 1.54) is 4.90 Å².